The van der Waals surface area contributed by atoms with Crippen molar-refractivity contribution in [3.05, 3.63) is 54.6 Å². The lowest BCUT2D eigenvalue weighted by Gasteiger charge is -2.13. The van der Waals surface area contributed by atoms with E-state index < -0.39 is 17.1 Å². The third-order valence-corrected chi connectivity index (χ3v) is 4.70. The van der Waals surface area contributed by atoms with Crippen LogP contribution in [0.1, 0.15) is 6.42 Å². The highest BCUT2D eigenvalue weighted by Gasteiger charge is 2.23. The number of hydrogen-bond acceptors (Lipinski definition) is 5. The molecule has 0 aliphatic carbocycles. The average molecular weight is 388 g/mol. The SMILES string of the molecule is COc1ccccc1NC(=O)CSC(CC(=O)Nc1ccccc1)C(=O)O. The molecule has 2 amide bonds. The van der Waals surface area contributed by atoms with Crippen molar-refractivity contribution >= 4 is 40.9 Å². The van der Waals surface area contributed by atoms with Gasteiger partial charge >= 0.3 is 5.97 Å². The van der Waals surface area contributed by atoms with Crippen molar-refractivity contribution in [2.45, 2.75) is 11.7 Å². The Morgan fingerprint density at radius 1 is 1.00 bits per heavy atom. The third kappa shape index (κ3) is 6.67. The molecule has 2 aromatic carbocycles. The Hall–Kier alpha value is -3.00. The lowest BCUT2D eigenvalue weighted by Crippen LogP contribution is -2.26. The van der Waals surface area contributed by atoms with E-state index in [0.29, 0.717) is 17.1 Å². The molecule has 0 aliphatic heterocycles. The molecule has 0 aliphatic rings. The normalized spacial score (nSPS) is 11.3. The second kappa shape index (κ2) is 10.2. The highest BCUT2D eigenvalue weighted by molar-refractivity contribution is 8.01. The Morgan fingerprint density at radius 3 is 2.33 bits per heavy atom. The first-order valence-corrected chi connectivity index (χ1v) is 9.16. The predicted octanol–water partition coefficient (Wildman–Crippen LogP) is 2.85. The molecule has 3 N–H and O–H groups in total. The van der Waals surface area contributed by atoms with Gasteiger partial charge in [-0.2, -0.15) is 0 Å². The smallest absolute Gasteiger partial charge is 0.317 e. The molecular formula is C19H20N2O5S. The standard InChI is InChI=1S/C19H20N2O5S/c1-26-15-10-6-5-9-14(15)21-18(23)12-27-16(19(24)25)11-17(22)20-13-7-3-2-4-8-13/h2-10,16H,11-12H2,1H3,(H,20,22)(H,21,23)(H,24,25). The van der Waals surface area contributed by atoms with Crippen LogP contribution in [0, 0.1) is 0 Å². The molecule has 2 aromatic rings. The number of carboxylic acid groups (broad SMARTS) is 1. The number of thioether (sulfide) groups is 1. The fourth-order valence-electron chi connectivity index (χ4n) is 2.23. The zero-order valence-corrected chi connectivity index (χ0v) is 15.5. The number of rotatable bonds is 9. The summed E-state index contributed by atoms with van der Waals surface area (Å²) in [6, 6.07) is 15.7. The summed E-state index contributed by atoms with van der Waals surface area (Å²) in [6.45, 7) is 0. The van der Waals surface area contributed by atoms with Crippen LogP contribution in [-0.2, 0) is 14.4 Å². The second-order valence-corrected chi connectivity index (χ2v) is 6.70. The minimum absolute atomic E-state index is 0.104. The monoisotopic (exact) mass is 388 g/mol. The van der Waals surface area contributed by atoms with Crippen LogP contribution in [-0.4, -0.2) is 41.0 Å². The van der Waals surface area contributed by atoms with Crippen molar-refractivity contribution in [2.75, 3.05) is 23.5 Å². The molecular weight excluding hydrogens is 368 g/mol. The molecule has 7 nitrogen and oxygen atoms in total. The molecule has 27 heavy (non-hydrogen) atoms. The number of nitrogens with one attached hydrogen (secondary N) is 2. The van der Waals surface area contributed by atoms with Crippen molar-refractivity contribution in [1.29, 1.82) is 0 Å². The maximum absolute atomic E-state index is 12.1. The van der Waals surface area contributed by atoms with Crippen LogP contribution < -0.4 is 15.4 Å². The molecule has 1 atom stereocenters. The molecule has 0 aromatic heterocycles. The van der Waals surface area contributed by atoms with E-state index in [-0.39, 0.29) is 18.1 Å². The van der Waals surface area contributed by atoms with E-state index in [9.17, 15) is 19.5 Å². The predicted molar refractivity (Wildman–Crippen MR) is 105 cm³/mol. The summed E-state index contributed by atoms with van der Waals surface area (Å²) < 4.78 is 5.15. The van der Waals surface area contributed by atoms with Crippen LogP contribution in [0.5, 0.6) is 5.75 Å². The number of methoxy groups -OCH3 is 1. The summed E-state index contributed by atoms with van der Waals surface area (Å²) in [5.41, 5.74) is 1.09. The molecule has 142 valence electrons. The van der Waals surface area contributed by atoms with Gasteiger partial charge < -0.3 is 20.5 Å². The number of amides is 2. The molecule has 0 bridgehead atoms. The maximum atomic E-state index is 12.1. The molecule has 1 unspecified atom stereocenters. The van der Waals surface area contributed by atoms with Crippen LogP contribution in [0.4, 0.5) is 11.4 Å². The number of carbonyl (C=O) groups excluding carboxylic acids is 2. The van der Waals surface area contributed by atoms with E-state index in [4.69, 9.17) is 4.74 Å². The summed E-state index contributed by atoms with van der Waals surface area (Å²) in [5.74, 6) is -1.54. The molecule has 0 spiro atoms. The number of hydrogen-bond donors (Lipinski definition) is 3. The third-order valence-electron chi connectivity index (χ3n) is 3.50. The number of aliphatic carboxylic acids is 1. The van der Waals surface area contributed by atoms with Gasteiger partial charge in [0.25, 0.3) is 0 Å². The van der Waals surface area contributed by atoms with E-state index >= 15 is 0 Å². The van der Waals surface area contributed by atoms with Crippen LogP contribution in [0.15, 0.2) is 54.6 Å². The lowest BCUT2D eigenvalue weighted by atomic mass is 10.2. The van der Waals surface area contributed by atoms with E-state index in [1.807, 2.05) is 6.07 Å². The molecule has 0 heterocycles. The molecule has 0 radical (unpaired) electrons. The minimum atomic E-state index is -1.15. The van der Waals surface area contributed by atoms with Gasteiger partial charge in [-0.25, -0.2) is 0 Å². The number of ether oxygens (including phenoxy) is 1. The Labute approximate surface area is 161 Å². The van der Waals surface area contributed by atoms with Crippen molar-refractivity contribution in [3.8, 4) is 5.75 Å². The first-order valence-electron chi connectivity index (χ1n) is 8.11. The van der Waals surface area contributed by atoms with Crippen molar-refractivity contribution in [1.82, 2.24) is 0 Å². The number of anilines is 2. The van der Waals surface area contributed by atoms with E-state index in [1.54, 1.807) is 48.5 Å². The Bertz CT molecular complexity index is 798. The van der Waals surface area contributed by atoms with Crippen LogP contribution in [0.2, 0.25) is 0 Å². The first-order chi connectivity index (χ1) is 13.0. The van der Waals surface area contributed by atoms with Gasteiger partial charge in [0.1, 0.15) is 11.0 Å². The summed E-state index contributed by atoms with van der Waals surface area (Å²) in [6.07, 6.45) is -0.239. The van der Waals surface area contributed by atoms with Gasteiger partial charge in [-0.1, -0.05) is 30.3 Å². The fraction of sp³-hybridized carbons (Fsp3) is 0.211. The van der Waals surface area contributed by atoms with Gasteiger partial charge in [-0.3, -0.25) is 14.4 Å². The summed E-state index contributed by atoms with van der Waals surface area (Å²) in [4.78, 5) is 35.6. The Balaban J connectivity index is 1.87. The lowest BCUT2D eigenvalue weighted by molar-refractivity contribution is -0.137. The number of para-hydroxylation sites is 3. The quantitative estimate of drug-likeness (QED) is 0.610. The van der Waals surface area contributed by atoms with Crippen LogP contribution >= 0.6 is 11.8 Å². The molecule has 8 heteroatoms. The van der Waals surface area contributed by atoms with Crippen LogP contribution in [0.25, 0.3) is 0 Å². The second-order valence-electron chi connectivity index (χ2n) is 5.50. The van der Waals surface area contributed by atoms with Crippen molar-refractivity contribution < 1.29 is 24.2 Å². The van der Waals surface area contributed by atoms with Gasteiger partial charge in [-0.05, 0) is 24.3 Å². The van der Waals surface area contributed by atoms with E-state index in [1.165, 1.54) is 7.11 Å². The van der Waals surface area contributed by atoms with Crippen LogP contribution in [0.3, 0.4) is 0 Å². The van der Waals surface area contributed by atoms with Crippen molar-refractivity contribution in [2.24, 2.45) is 0 Å². The molecule has 2 rings (SSSR count). The molecule has 0 saturated carbocycles. The van der Waals surface area contributed by atoms with Gasteiger partial charge in [0.2, 0.25) is 11.8 Å². The highest BCUT2D eigenvalue weighted by Crippen LogP contribution is 2.24. The number of carboxylic acids is 1. The zero-order chi connectivity index (χ0) is 19.6. The minimum Gasteiger partial charge on any atom is -0.495 e. The Morgan fingerprint density at radius 2 is 1.67 bits per heavy atom. The largest absolute Gasteiger partial charge is 0.495 e. The van der Waals surface area contributed by atoms with Gasteiger partial charge in [0.05, 0.1) is 18.6 Å². The van der Waals surface area contributed by atoms with Crippen molar-refractivity contribution in [3.63, 3.8) is 0 Å². The summed E-state index contributed by atoms with van der Waals surface area (Å²) in [7, 11) is 1.49. The topological polar surface area (TPSA) is 105 Å². The summed E-state index contributed by atoms with van der Waals surface area (Å²) >= 11 is 0.896. The zero-order valence-electron chi connectivity index (χ0n) is 14.7. The Kier molecular flexibility index (Phi) is 7.69. The van der Waals surface area contributed by atoms with E-state index in [2.05, 4.69) is 10.6 Å². The van der Waals surface area contributed by atoms with Gasteiger partial charge in [0, 0.05) is 12.1 Å². The molecule has 0 saturated heterocycles. The fourth-order valence-corrected chi connectivity index (χ4v) is 3.07. The maximum Gasteiger partial charge on any atom is 0.317 e. The number of carbonyl (C=O) groups is 3. The van der Waals surface area contributed by atoms with Gasteiger partial charge in [0.15, 0.2) is 0 Å². The molecule has 0 fully saturated rings. The average Bonchev–Trinajstić information content (AvgIpc) is 2.66. The first kappa shape index (κ1) is 20.3. The van der Waals surface area contributed by atoms with E-state index in [0.717, 1.165) is 11.8 Å². The highest BCUT2D eigenvalue weighted by atomic mass is 32.2. The number of benzene rings is 2. The van der Waals surface area contributed by atoms with Gasteiger partial charge in [-0.15, -0.1) is 11.8 Å². The summed E-state index contributed by atoms with van der Waals surface area (Å²) in [5, 5.41) is 13.6.